The summed E-state index contributed by atoms with van der Waals surface area (Å²) < 4.78 is 18.8. The van der Waals surface area contributed by atoms with E-state index in [1.54, 1.807) is 41.3 Å². The molecule has 2 amide bonds. The molecule has 0 spiro atoms. The monoisotopic (exact) mass is 444 g/mol. The van der Waals surface area contributed by atoms with Gasteiger partial charge in [-0.3, -0.25) is 9.59 Å². The van der Waals surface area contributed by atoms with Crippen LogP contribution >= 0.6 is 0 Å². The van der Waals surface area contributed by atoms with Gasteiger partial charge in [-0.1, -0.05) is 50.2 Å². The summed E-state index contributed by atoms with van der Waals surface area (Å²) in [6.07, 6.45) is 3.23. The van der Waals surface area contributed by atoms with E-state index in [0.29, 0.717) is 23.0 Å². The first-order chi connectivity index (χ1) is 15.9. The van der Waals surface area contributed by atoms with Gasteiger partial charge in [0.25, 0.3) is 5.91 Å². The Bertz CT molecular complexity index is 1180. The van der Waals surface area contributed by atoms with Gasteiger partial charge >= 0.3 is 0 Å². The highest BCUT2D eigenvalue weighted by Crippen LogP contribution is 2.35. The summed E-state index contributed by atoms with van der Waals surface area (Å²) in [6.45, 7) is 4.48. The maximum atomic E-state index is 13.2. The number of amides is 2. The Kier molecular flexibility index (Phi) is 6.54. The van der Waals surface area contributed by atoms with Crippen LogP contribution in [-0.4, -0.2) is 18.4 Å². The van der Waals surface area contributed by atoms with Crippen molar-refractivity contribution in [3.8, 4) is 5.75 Å². The molecule has 5 nitrogen and oxygen atoms in total. The molecule has 0 saturated carbocycles. The second-order valence-corrected chi connectivity index (χ2v) is 8.22. The van der Waals surface area contributed by atoms with Crippen molar-refractivity contribution in [1.29, 1.82) is 0 Å². The molecule has 4 rings (SSSR count). The van der Waals surface area contributed by atoms with Gasteiger partial charge in [-0.2, -0.15) is 0 Å². The summed E-state index contributed by atoms with van der Waals surface area (Å²) in [7, 11) is 0. The first-order valence-electron chi connectivity index (χ1n) is 10.8. The Balaban J connectivity index is 1.48. The lowest BCUT2D eigenvalue weighted by atomic mass is 10.0. The standard InChI is InChI=1S/C27H25FN2O3/c1-18(2)21-8-3-19(4-9-21)7-14-26(31)29-23-12-13-25-24(15-23)30(27(32)17-33-25)16-20-5-10-22(28)11-6-20/h3-15,18H,16-17H2,1-2H3,(H,29,31)/b14-7+. The van der Waals surface area contributed by atoms with Crippen molar-refractivity contribution in [1.82, 2.24) is 0 Å². The van der Waals surface area contributed by atoms with Crippen LogP contribution in [0.3, 0.4) is 0 Å². The zero-order chi connectivity index (χ0) is 23.4. The van der Waals surface area contributed by atoms with Gasteiger partial charge in [0.05, 0.1) is 12.2 Å². The smallest absolute Gasteiger partial charge is 0.265 e. The van der Waals surface area contributed by atoms with E-state index in [-0.39, 0.29) is 30.8 Å². The lowest BCUT2D eigenvalue weighted by Crippen LogP contribution is -2.38. The van der Waals surface area contributed by atoms with Gasteiger partial charge in [0.2, 0.25) is 5.91 Å². The van der Waals surface area contributed by atoms with Gasteiger partial charge in [-0.05, 0) is 59.0 Å². The molecule has 0 aromatic heterocycles. The third kappa shape index (κ3) is 5.47. The van der Waals surface area contributed by atoms with Crippen LogP contribution in [0.15, 0.2) is 72.8 Å². The molecule has 0 radical (unpaired) electrons. The minimum absolute atomic E-state index is 0.0712. The number of fused-ring (bicyclic) bond motifs is 1. The number of rotatable bonds is 6. The molecule has 0 saturated heterocycles. The summed E-state index contributed by atoms with van der Waals surface area (Å²) in [4.78, 5) is 26.5. The Morgan fingerprint density at radius 2 is 1.82 bits per heavy atom. The number of nitrogens with one attached hydrogen (secondary N) is 1. The van der Waals surface area contributed by atoms with Crippen molar-refractivity contribution in [2.45, 2.75) is 26.3 Å². The van der Waals surface area contributed by atoms with Crippen LogP contribution in [0.5, 0.6) is 5.75 Å². The van der Waals surface area contributed by atoms with Gasteiger partial charge in [0, 0.05) is 11.8 Å². The third-order valence-corrected chi connectivity index (χ3v) is 5.45. The molecule has 0 unspecified atom stereocenters. The predicted molar refractivity (Wildman–Crippen MR) is 128 cm³/mol. The summed E-state index contributed by atoms with van der Waals surface area (Å²) >= 11 is 0. The molecule has 1 aliphatic heterocycles. The maximum Gasteiger partial charge on any atom is 0.265 e. The third-order valence-electron chi connectivity index (χ3n) is 5.45. The second kappa shape index (κ2) is 9.69. The fraction of sp³-hybridized carbons (Fsp3) is 0.185. The van der Waals surface area contributed by atoms with E-state index in [4.69, 9.17) is 4.74 Å². The number of anilines is 2. The number of hydrogen-bond donors (Lipinski definition) is 1. The molecular formula is C27H25FN2O3. The first-order valence-corrected chi connectivity index (χ1v) is 10.8. The summed E-state index contributed by atoms with van der Waals surface area (Å²) in [5.41, 5.74) is 4.07. The van der Waals surface area contributed by atoms with Crippen molar-refractivity contribution in [2.75, 3.05) is 16.8 Å². The molecule has 0 atom stereocenters. The van der Waals surface area contributed by atoms with E-state index in [1.165, 1.54) is 23.8 Å². The lowest BCUT2D eigenvalue weighted by Gasteiger charge is -2.30. The Morgan fingerprint density at radius 3 is 2.52 bits per heavy atom. The molecule has 1 aliphatic rings. The van der Waals surface area contributed by atoms with Crippen molar-refractivity contribution >= 4 is 29.3 Å². The Labute approximate surface area is 192 Å². The number of hydrogen-bond acceptors (Lipinski definition) is 3. The van der Waals surface area contributed by atoms with E-state index in [0.717, 1.165) is 11.1 Å². The minimum atomic E-state index is -0.332. The number of nitrogens with zero attached hydrogens (tertiary/aromatic N) is 1. The molecule has 3 aromatic rings. The highest BCUT2D eigenvalue weighted by atomic mass is 19.1. The maximum absolute atomic E-state index is 13.2. The first kappa shape index (κ1) is 22.3. The molecule has 3 aromatic carbocycles. The van der Waals surface area contributed by atoms with Crippen LogP contribution in [0.2, 0.25) is 0 Å². The largest absolute Gasteiger partial charge is 0.482 e. The molecule has 0 fully saturated rings. The van der Waals surface area contributed by atoms with E-state index in [2.05, 4.69) is 31.3 Å². The van der Waals surface area contributed by atoms with Gasteiger partial charge < -0.3 is 15.0 Å². The van der Waals surface area contributed by atoms with E-state index < -0.39 is 0 Å². The van der Waals surface area contributed by atoms with Crippen LogP contribution in [0.1, 0.15) is 36.5 Å². The fourth-order valence-electron chi connectivity index (χ4n) is 3.57. The van der Waals surface area contributed by atoms with Gasteiger partial charge in [0.15, 0.2) is 6.61 Å². The fourth-order valence-corrected chi connectivity index (χ4v) is 3.57. The summed E-state index contributed by atoms with van der Waals surface area (Å²) in [6, 6.07) is 19.2. The lowest BCUT2D eigenvalue weighted by molar-refractivity contribution is -0.121. The number of benzene rings is 3. The highest BCUT2D eigenvalue weighted by Gasteiger charge is 2.26. The Morgan fingerprint density at radius 1 is 1.09 bits per heavy atom. The van der Waals surface area contributed by atoms with Gasteiger partial charge in [-0.15, -0.1) is 0 Å². The molecule has 6 heteroatoms. The van der Waals surface area contributed by atoms with Crippen molar-refractivity contribution < 1.29 is 18.7 Å². The van der Waals surface area contributed by atoms with E-state index in [9.17, 15) is 14.0 Å². The van der Waals surface area contributed by atoms with Gasteiger partial charge in [0.1, 0.15) is 11.6 Å². The normalized spacial score (nSPS) is 13.2. The van der Waals surface area contributed by atoms with E-state index in [1.807, 2.05) is 12.1 Å². The topological polar surface area (TPSA) is 58.6 Å². The zero-order valence-corrected chi connectivity index (χ0v) is 18.5. The highest BCUT2D eigenvalue weighted by molar-refractivity contribution is 6.03. The zero-order valence-electron chi connectivity index (χ0n) is 18.5. The van der Waals surface area contributed by atoms with Crippen LogP contribution in [0.4, 0.5) is 15.8 Å². The van der Waals surface area contributed by atoms with Crippen LogP contribution in [-0.2, 0) is 16.1 Å². The Hall–Kier alpha value is -3.93. The van der Waals surface area contributed by atoms with Crippen molar-refractivity contribution in [3.05, 3.63) is 95.3 Å². The second-order valence-electron chi connectivity index (χ2n) is 8.22. The molecule has 0 bridgehead atoms. The van der Waals surface area contributed by atoms with Crippen LogP contribution < -0.4 is 15.0 Å². The molecule has 33 heavy (non-hydrogen) atoms. The molecule has 0 aliphatic carbocycles. The van der Waals surface area contributed by atoms with Crippen LogP contribution in [0, 0.1) is 5.82 Å². The van der Waals surface area contributed by atoms with Crippen molar-refractivity contribution in [2.24, 2.45) is 0 Å². The molecule has 1 N–H and O–H groups in total. The summed E-state index contributed by atoms with van der Waals surface area (Å²) in [5, 5.41) is 2.83. The van der Waals surface area contributed by atoms with Gasteiger partial charge in [-0.25, -0.2) is 4.39 Å². The summed E-state index contributed by atoms with van der Waals surface area (Å²) in [5.74, 6) is 0.182. The quantitative estimate of drug-likeness (QED) is 0.509. The average molecular weight is 445 g/mol. The number of ether oxygens (including phenoxy) is 1. The van der Waals surface area contributed by atoms with E-state index >= 15 is 0 Å². The molecule has 168 valence electrons. The van der Waals surface area contributed by atoms with Crippen LogP contribution in [0.25, 0.3) is 6.08 Å². The number of carbonyl (C=O) groups excluding carboxylic acids is 2. The minimum Gasteiger partial charge on any atom is -0.482 e. The number of halogens is 1. The molecule has 1 heterocycles. The molecular weight excluding hydrogens is 419 g/mol. The predicted octanol–water partition coefficient (Wildman–Crippen LogP) is 5.53. The SMILES string of the molecule is CC(C)c1ccc(/C=C/C(=O)Nc2ccc3c(c2)N(Cc2ccc(F)cc2)C(=O)CO3)cc1. The average Bonchev–Trinajstić information content (AvgIpc) is 2.81. The number of carbonyl (C=O) groups is 2. The van der Waals surface area contributed by atoms with Crippen molar-refractivity contribution in [3.63, 3.8) is 0 Å².